The molecule has 30 heavy (non-hydrogen) atoms. The maximum Gasteiger partial charge on any atom is 0.324 e. The summed E-state index contributed by atoms with van der Waals surface area (Å²) in [5.74, 6) is 1.08. The van der Waals surface area contributed by atoms with Gasteiger partial charge in [0.2, 0.25) is 11.8 Å². The fraction of sp³-hybridized carbons (Fsp3) is 0.667. The molecule has 2 fully saturated rings. The molecular weight excluding hydrogens is 406 g/mol. The molecule has 0 aromatic carbocycles. The van der Waals surface area contributed by atoms with Crippen molar-refractivity contribution in [3.05, 3.63) is 23.9 Å². The van der Waals surface area contributed by atoms with Gasteiger partial charge in [-0.15, -0.1) is 0 Å². The Kier molecular flexibility index (Phi) is 7.69. The molecule has 0 spiro atoms. The van der Waals surface area contributed by atoms with Crippen LogP contribution in [0.3, 0.4) is 0 Å². The van der Waals surface area contributed by atoms with E-state index in [1.165, 1.54) is 17.7 Å². The van der Waals surface area contributed by atoms with Crippen molar-refractivity contribution in [2.75, 3.05) is 31.2 Å². The monoisotopic (exact) mass is 437 g/mol. The van der Waals surface area contributed by atoms with E-state index in [9.17, 15) is 18.0 Å². The average molecular weight is 438 g/mol. The average Bonchev–Trinajstić information content (AvgIpc) is 3.48. The van der Waals surface area contributed by atoms with Crippen LogP contribution in [0.2, 0.25) is 0 Å². The van der Waals surface area contributed by atoms with Crippen molar-refractivity contribution in [1.82, 2.24) is 15.2 Å². The number of imide groups is 1. The van der Waals surface area contributed by atoms with Gasteiger partial charge in [-0.2, -0.15) is 0 Å². The van der Waals surface area contributed by atoms with Crippen LogP contribution in [0.1, 0.15) is 56.9 Å². The third-order valence-corrected chi connectivity index (χ3v) is 7.41. The number of nitrogens with one attached hydrogen (secondary N) is 1. The minimum absolute atomic E-state index is 0.0828. The molecule has 1 saturated heterocycles. The van der Waals surface area contributed by atoms with Crippen molar-refractivity contribution in [2.24, 2.45) is 5.92 Å². The first-order valence-electron chi connectivity index (χ1n) is 10.7. The normalized spacial score (nSPS) is 17.8. The Morgan fingerprint density at radius 1 is 1.27 bits per heavy atom. The quantitative estimate of drug-likeness (QED) is 0.375. The molecule has 3 amide bonds. The van der Waals surface area contributed by atoms with Crippen LogP contribution >= 0.6 is 0 Å². The fourth-order valence-corrected chi connectivity index (χ4v) is 5.40. The number of urea groups is 1. The first kappa shape index (κ1) is 22.5. The Balaban J connectivity index is 1.43. The topological polar surface area (TPSA) is 106 Å². The van der Waals surface area contributed by atoms with Crippen LogP contribution in [-0.4, -0.2) is 61.4 Å². The largest absolute Gasteiger partial charge is 0.477 e. The Labute approximate surface area is 178 Å². The molecule has 1 aliphatic heterocycles. The molecule has 166 valence electrons. The van der Waals surface area contributed by atoms with Crippen molar-refractivity contribution < 1.29 is 22.7 Å². The minimum Gasteiger partial charge on any atom is -0.477 e. The highest BCUT2D eigenvalue weighted by Gasteiger charge is 2.26. The second kappa shape index (κ2) is 10.2. The zero-order valence-corrected chi connectivity index (χ0v) is 18.3. The molecule has 2 aliphatic rings. The highest BCUT2D eigenvalue weighted by atomic mass is 32.2. The lowest BCUT2D eigenvalue weighted by Crippen LogP contribution is -2.29. The molecule has 1 aromatic heterocycles. The third kappa shape index (κ3) is 6.97. The molecule has 0 radical (unpaired) electrons. The van der Waals surface area contributed by atoms with E-state index in [0.29, 0.717) is 44.2 Å². The Morgan fingerprint density at radius 3 is 2.73 bits per heavy atom. The van der Waals surface area contributed by atoms with E-state index in [1.54, 1.807) is 6.20 Å². The van der Waals surface area contributed by atoms with Crippen molar-refractivity contribution in [3.8, 4) is 5.88 Å². The van der Waals surface area contributed by atoms with Crippen LogP contribution in [-0.2, 0) is 14.6 Å². The summed E-state index contributed by atoms with van der Waals surface area (Å²) in [6.07, 6.45) is 6.75. The summed E-state index contributed by atoms with van der Waals surface area (Å²) in [5.41, 5.74) is 0.951. The van der Waals surface area contributed by atoms with E-state index in [2.05, 4.69) is 10.3 Å². The number of amides is 3. The maximum absolute atomic E-state index is 12.6. The van der Waals surface area contributed by atoms with Gasteiger partial charge in [0.1, 0.15) is 6.54 Å². The van der Waals surface area contributed by atoms with E-state index in [4.69, 9.17) is 4.74 Å². The van der Waals surface area contributed by atoms with Gasteiger partial charge in [-0.05, 0) is 55.6 Å². The van der Waals surface area contributed by atoms with Gasteiger partial charge in [0.05, 0.1) is 18.1 Å². The van der Waals surface area contributed by atoms with Crippen molar-refractivity contribution >= 4 is 21.8 Å². The van der Waals surface area contributed by atoms with Crippen LogP contribution in [0, 0.1) is 5.92 Å². The lowest BCUT2D eigenvalue weighted by molar-refractivity contribution is -0.118. The molecule has 3 rings (SSSR count). The van der Waals surface area contributed by atoms with Gasteiger partial charge in [-0.25, -0.2) is 18.2 Å². The maximum atomic E-state index is 12.6. The van der Waals surface area contributed by atoms with Gasteiger partial charge >= 0.3 is 6.03 Å². The van der Waals surface area contributed by atoms with Crippen LogP contribution < -0.4 is 10.1 Å². The van der Waals surface area contributed by atoms with Gasteiger partial charge in [0.25, 0.3) is 0 Å². The summed E-state index contributed by atoms with van der Waals surface area (Å²) in [6, 6.07) is 3.38. The molecule has 1 N–H and O–H groups in total. The number of ether oxygens (including phenoxy) is 1. The number of hydrogen-bond donors (Lipinski definition) is 1. The number of hydrogen-bond acceptors (Lipinski definition) is 6. The standard InChI is InChI=1S/C21H31N3O5S/c1-2-17(18-8-9-22-20(12-18)29-14-16-6-7-16)15-30(27,28)11-5-3-4-10-24-13-19(25)23-21(24)26/h8-9,12,16-17H,2-7,10-11,13-15H2,1H3,(H,23,25,26)/t17-/m0/s1. The lowest BCUT2D eigenvalue weighted by Gasteiger charge is -2.17. The zero-order chi connectivity index (χ0) is 21.6. The Bertz CT molecular complexity index is 854. The number of pyridine rings is 1. The number of unbranched alkanes of at least 4 members (excludes halogenated alkanes) is 2. The third-order valence-electron chi connectivity index (χ3n) is 5.59. The minimum atomic E-state index is -3.20. The van der Waals surface area contributed by atoms with Crippen LogP contribution in [0.15, 0.2) is 18.3 Å². The summed E-state index contributed by atoms with van der Waals surface area (Å²) in [5, 5.41) is 2.23. The zero-order valence-electron chi connectivity index (χ0n) is 17.5. The highest BCUT2D eigenvalue weighted by molar-refractivity contribution is 7.91. The highest BCUT2D eigenvalue weighted by Crippen LogP contribution is 2.30. The fourth-order valence-electron chi connectivity index (χ4n) is 3.55. The molecule has 8 nitrogen and oxygen atoms in total. The number of aromatic nitrogens is 1. The first-order valence-corrected chi connectivity index (χ1v) is 12.6. The Morgan fingerprint density at radius 2 is 2.07 bits per heavy atom. The predicted molar refractivity (Wildman–Crippen MR) is 113 cm³/mol. The molecule has 0 bridgehead atoms. The van der Waals surface area contributed by atoms with Gasteiger partial charge in [0.15, 0.2) is 9.84 Å². The second-order valence-electron chi connectivity index (χ2n) is 8.24. The van der Waals surface area contributed by atoms with Gasteiger partial charge < -0.3 is 9.64 Å². The number of nitrogens with zero attached hydrogens (tertiary/aromatic N) is 2. The summed E-state index contributed by atoms with van der Waals surface area (Å²) in [7, 11) is -3.20. The number of carbonyl (C=O) groups is 2. The summed E-state index contributed by atoms with van der Waals surface area (Å²) >= 11 is 0. The summed E-state index contributed by atoms with van der Waals surface area (Å²) < 4.78 is 31.0. The van der Waals surface area contributed by atoms with Crippen LogP contribution in [0.5, 0.6) is 5.88 Å². The molecule has 9 heteroatoms. The summed E-state index contributed by atoms with van der Waals surface area (Å²) in [6.45, 7) is 3.23. The van der Waals surface area contributed by atoms with Gasteiger partial charge in [0, 0.05) is 18.8 Å². The van der Waals surface area contributed by atoms with E-state index in [-0.39, 0.29) is 35.9 Å². The molecule has 1 atom stereocenters. The summed E-state index contributed by atoms with van der Waals surface area (Å²) in [4.78, 5) is 28.3. The van der Waals surface area contributed by atoms with Crippen molar-refractivity contribution in [1.29, 1.82) is 0 Å². The van der Waals surface area contributed by atoms with E-state index < -0.39 is 9.84 Å². The van der Waals surface area contributed by atoms with Crippen LogP contribution in [0.25, 0.3) is 0 Å². The molecule has 0 unspecified atom stereocenters. The number of rotatable bonds is 13. The second-order valence-corrected chi connectivity index (χ2v) is 10.5. The van der Waals surface area contributed by atoms with Gasteiger partial charge in [-0.1, -0.05) is 13.3 Å². The van der Waals surface area contributed by atoms with E-state index in [0.717, 1.165) is 12.0 Å². The van der Waals surface area contributed by atoms with Gasteiger partial charge in [-0.3, -0.25) is 10.1 Å². The molecule has 1 aromatic rings. The molecule has 1 saturated carbocycles. The van der Waals surface area contributed by atoms with Crippen molar-refractivity contribution in [3.63, 3.8) is 0 Å². The SMILES string of the molecule is CC[C@@H](CS(=O)(=O)CCCCCN1CC(=O)NC1=O)c1ccnc(OCC2CC2)c1. The molecule has 2 heterocycles. The molecular formula is C21H31N3O5S. The number of sulfone groups is 1. The predicted octanol–water partition coefficient (Wildman–Crippen LogP) is 2.50. The van der Waals surface area contributed by atoms with Crippen LogP contribution in [0.4, 0.5) is 4.79 Å². The smallest absolute Gasteiger partial charge is 0.324 e. The Hall–Kier alpha value is -2.16. The molecule has 1 aliphatic carbocycles. The lowest BCUT2D eigenvalue weighted by atomic mass is 10.00. The number of carbonyl (C=O) groups excluding carboxylic acids is 2. The van der Waals surface area contributed by atoms with Crippen molar-refractivity contribution in [2.45, 2.75) is 51.4 Å². The first-order chi connectivity index (χ1) is 14.4. The van der Waals surface area contributed by atoms with E-state index >= 15 is 0 Å². The van der Waals surface area contributed by atoms with E-state index in [1.807, 2.05) is 19.1 Å².